The molecular formula is C17H23N7O5S. The maximum absolute atomic E-state index is 12.5. The van der Waals surface area contributed by atoms with Crippen molar-refractivity contribution in [3.8, 4) is 0 Å². The predicted octanol–water partition coefficient (Wildman–Crippen LogP) is -1.64. The van der Waals surface area contributed by atoms with Gasteiger partial charge in [-0.2, -0.15) is 4.98 Å². The lowest BCUT2D eigenvalue weighted by molar-refractivity contribution is -0.123. The lowest BCUT2D eigenvalue weighted by Gasteiger charge is -2.25. The fourth-order valence-corrected chi connectivity index (χ4v) is 4.42. The summed E-state index contributed by atoms with van der Waals surface area (Å²) in [6.45, 7) is 0.547. The number of carbonyl (C=O) groups is 2. The third-order valence-corrected chi connectivity index (χ3v) is 6.67. The molecule has 2 fully saturated rings. The van der Waals surface area contributed by atoms with Crippen molar-refractivity contribution in [1.29, 1.82) is 0 Å². The number of fused-ring (bicyclic) bond motifs is 1. The third-order valence-electron chi connectivity index (χ3n) is 5.06. The van der Waals surface area contributed by atoms with Gasteiger partial charge in [-0.15, -0.1) is 5.10 Å². The summed E-state index contributed by atoms with van der Waals surface area (Å²) in [7, 11) is -3.02. The van der Waals surface area contributed by atoms with Gasteiger partial charge in [0.2, 0.25) is 5.95 Å². The number of hydrogen-bond donors (Lipinski definition) is 4. The highest BCUT2D eigenvalue weighted by atomic mass is 32.2. The van der Waals surface area contributed by atoms with Crippen LogP contribution >= 0.6 is 0 Å². The summed E-state index contributed by atoms with van der Waals surface area (Å²) in [5, 5.41) is 17.0. The van der Waals surface area contributed by atoms with E-state index in [2.05, 4.69) is 26.3 Å². The lowest BCUT2D eigenvalue weighted by atomic mass is 10.3. The van der Waals surface area contributed by atoms with E-state index in [4.69, 9.17) is 0 Å². The molecule has 0 bridgehead atoms. The van der Waals surface area contributed by atoms with Gasteiger partial charge in [-0.1, -0.05) is 6.07 Å². The summed E-state index contributed by atoms with van der Waals surface area (Å²) in [5.74, 6) is -0.606. The zero-order chi connectivity index (χ0) is 21.3. The van der Waals surface area contributed by atoms with Crippen LogP contribution in [0.3, 0.4) is 0 Å². The molecule has 0 aromatic carbocycles. The van der Waals surface area contributed by atoms with Crippen molar-refractivity contribution in [2.75, 3.05) is 36.5 Å². The Balaban J connectivity index is 1.34. The normalized spacial score (nSPS) is 19.9. The fraction of sp³-hybridized carbons (Fsp3) is 0.529. The number of aliphatic hydroxyl groups excluding tert-OH is 1. The average molecular weight is 437 g/mol. The molecule has 13 heteroatoms. The molecule has 1 atom stereocenters. The van der Waals surface area contributed by atoms with Gasteiger partial charge in [0.05, 0.1) is 18.1 Å². The number of hydrazine groups is 1. The van der Waals surface area contributed by atoms with Crippen LogP contribution in [0.4, 0.5) is 5.95 Å². The van der Waals surface area contributed by atoms with Crippen molar-refractivity contribution in [2.24, 2.45) is 5.92 Å². The molecule has 2 aromatic rings. The van der Waals surface area contributed by atoms with Gasteiger partial charge in [-0.05, 0) is 25.0 Å². The van der Waals surface area contributed by atoms with Crippen LogP contribution < -0.4 is 16.2 Å². The summed E-state index contributed by atoms with van der Waals surface area (Å²) >= 11 is 0. The Morgan fingerprint density at radius 1 is 1.20 bits per heavy atom. The minimum absolute atomic E-state index is 0.0174. The molecule has 1 saturated carbocycles. The molecule has 3 heterocycles. The SMILES string of the molecule is O=C(CN1CCS(=O)(=O)CC1)NNC(=O)c1cccc2nc(N[C@H](O)C3CC3)nn12. The van der Waals surface area contributed by atoms with E-state index >= 15 is 0 Å². The molecule has 1 aliphatic heterocycles. The molecule has 2 aliphatic rings. The predicted molar refractivity (Wildman–Crippen MR) is 106 cm³/mol. The highest BCUT2D eigenvalue weighted by Gasteiger charge is 2.30. The van der Waals surface area contributed by atoms with Gasteiger partial charge in [0.25, 0.3) is 11.8 Å². The first-order chi connectivity index (χ1) is 14.3. The van der Waals surface area contributed by atoms with Crippen LogP contribution in [0.5, 0.6) is 0 Å². The van der Waals surface area contributed by atoms with Crippen molar-refractivity contribution in [2.45, 2.75) is 19.1 Å². The molecule has 162 valence electrons. The first-order valence-electron chi connectivity index (χ1n) is 9.63. The molecule has 0 spiro atoms. The first kappa shape index (κ1) is 20.5. The highest BCUT2D eigenvalue weighted by Crippen LogP contribution is 2.32. The molecule has 1 saturated heterocycles. The number of nitrogens with zero attached hydrogens (tertiary/aromatic N) is 4. The number of rotatable bonds is 6. The van der Waals surface area contributed by atoms with Crippen molar-refractivity contribution in [1.82, 2.24) is 30.3 Å². The smallest absolute Gasteiger partial charge is 0.288 e. The van der Waals surface area contributed by atoms with Gasteiger partial charge in [0, 0.05) is 19.0 Å². The standard InChI is InChI=1S/C17H23N7O5S/c25-14(10-23-6-8-30(28,29)9-7-23)20-21-16(27)12-2-1-3-13-18-17(22-24(12)13)19-15(26)11-4-5-11/h1-3,11,15,26H,4-10H2,(H,19,22)(H,20,25)(H,21,27)/t15-/m1/s1. The molecule has 1 aliphatic carbocycles. The van der Waals surface area contributed by atoms with Crippen LogP contribution in [0.25, 0.3) is 5.65 Å². The summed E-state index contributed by atoms with van der Waals surface area (Å²) in [4.78, 5) is 30.6. The van der Waals surface area contributed by atoms with Gasteiger partial charge >= 0.3 is 0 Å². The van der Waals surface area contributed by atoms with E-state index < -0.39 is 27.9 Å². The fourth-order valence-electron chi connectivity index (χ4n) is 3.14. The second kappa shape index (κ2) is 8.16. The van der Waals surface area contributed by atoms with E-state index in [1.807, 2.05) is 0 Å². The van der Waals surface area contributed by atoms with Crippen molar-refractivity contribution >= 4 is 33.2 Å². The number of nitrogens with one attached hydrogen (secondary N) is 3. The van der Waals surface area contributed by atoms with Crippen LogP contribution in [0.15, 0.2) is 18.2 Å². The molecule has 4 N–H and O–H groups in total. The number of amides is 2. The van der Waals surface area contributed by atoms with Gasteiger partial charge < -0.3 is 10.4 Å². The quantitative estimate of drug-likeness (QED) is 0.307. The second-order valence-corrected chi connectivity index (χ2v) is 9.78. The van der Waals surface area contributed by atoms with Crippen LogP contribution in [0, 0.1) is 5.92 Å². The molecule has 12 nitrogen and oxygen atoms in total. The number of sulfone groups is 1. The maximum Gasteiger partial charge on any atom is 0.288 e. The van der Waals surface area contributed by atoms with Gasteiger partial charge in [0.1, 0.15) is 11.9 Å². The van der Waals surface area contributed by atoms with Crippen LogP contribution in [0.2, 0.25) is 0 Å². The largest absolute Gasteiger partial charge is 0.373 e. The van der Waals surface area contributed by atoms with E-state index in [0.29, 0.717) is 5.65 Å². The Hall–Kier alpha value is -2.77. The van der Waals surface area contributed by atoms with E-state index in [1.165, 1.54) is 10.6 Å². The topological polar surface area (TPSA) is 158 Å². The number of pyridine rings is 1. The number of aliphatic hydroxyl groups is 1. The van der Waals surface area contributed by atoms with Crippen LogP contribution in [0.1, 0.15) is 23.3 Å². The lowest BCUT2D eigenvalue weighted by Crippen LogP contribution is -2.49. The van der Waals surface area contributed by atoms with E-state index in [1.54, 1.807) is 17.0 Å². The zero-order valence-electron chi connectivity index (χ0n) is 16.1. The van der Waals surface area contributed by atoms with Crippen molar-refractivity contribution in [3.05, 3.63) is 23.9 Å². The average Bonchev–Trinajstić information content (AvgIpc) is 3.47. The molecule has 0 radical (unpaired) electrons. The molecule has 2 amide bonds. The minimum Gasteiger partial charge on any atom is -0.373 e. The van der Waals surface area contributed by atoms with Crippen molar-refractivity contribution < 1.29 is 23.1 Å². The number of hydrogen-bond acceptors (Lipinski definition) is 9. The van der Waals surface area contributed by atoms with E-state index in [9.17, 15) is 23.1 Å². The first-order valence-corrected chi connectivity index (χ1v) is 11.5. The number of anilines is 1. The van der Waals surface area contributed by atoms with Gasteiger partial charge in [-0.3, -0.25) is 25.3 Å². The Kier molecular flexibility index (Phi) is 5.58. The minimum atomic E-state index is -3.02. The molecule has 4 rings (SSSR count). The van der Waals surface area contributed by atoms with Gasteiger partial charge in [-0.25, -0.2) is 12.9 Å². The Morgan fingerprint density at radius 2 is 1.93 bits per heavy atom. The number of aromatic nitrogens is 3. The zero-order valence-corrected chi connectivity index (χ0v) is 16.9. The van der Waals surface area contributed by atoms with Gasteiger partial charge in [0.15, 0.2) is 15.5 Å². The highest BCUT2D eigenvalue weighted by molar-refractivity contribution is 7.91. The van der Waals surface area contributed by atoms with E-state index in [0.717, 1.165) is 12.8 Å². The van der Waals surface area contributed by atoms with Crippen LogP contribution in [-0.2, 0) is 14.6 Å². The summed E-state index contributed by atoms with van der Waals surface area (Å²) in [6.07, 6.45) is 1.16. The maximum atomic E-state index is 12.5. The molecule has 0 unspecified atom stereocenters. The second-order valence-electron chi connectivity index (χ2n) is 7.47. The Bertz CT molecular complexity index is 1050. The summed E-state index contributed by atoms with van der Waals surface area (Å²) < 4.78 is 24.2. The van der Waals surface area contributed by atoms with Crippen LogP contribution in [-0.4, -0.2) is 82.2 Å². The summed E-state index contributed by atoms with van der Waals surface area (Å²) in [5.41, 5.74) is 5.22. The van der Waals surface area contributed by atoms with Crippen molar-refractivity contribution in [3.63, 3.8) is 0 Å². The molecule has 2 aromatic heterocycles. The molecule has 30 heavy (non-hydrogen) atoms. The monoisotopic (exact) mass is 437 g/mol. The van der Waals surface area contributed by atoms with E-state index in [-0.39, 0.29) is 48.7 Å². The Labute approximate surface area is 172 Å². The molecular weight excluding hydrogens is 414 g/mol. The summed E-state index contributed by atoms with van der Waals surface area (Å²) in [6, 6.07) is 4.83. The third kappa shape index (κ3) is 4.86. The Morgan fingerprint density at radius 3 is 2.63 bits per heavy atom. The number of carbonyl (C=O) groups excluding carboxylic acids is 2.